The van der Waals surface area contributed by atoms with Crippen LogP contribution in [0.4, 0.5) is 5.00 Å². The van der Waals surface area contributed by atoms with Crippen LogP contribution in [-0.4, -0.2) is 0 Å². The van der Waals surface area contributed by atoms with Crippen LogP contribution in [0.3, 0.4) is 0 Å². The van der Waals surface area contributed by atoms with Crippen LogP contribution in [0.15, 0.2) is 15.9 Å². The van der Waals surface area contributed by atoms with E-state index in [1.54, 1.807) is 0 Å². The van der Waals surface area contributed by atoms with Crippen molar-refractivity contribution in [2.75, 3.05) is 0 Å². The number of hydrogen-bond acceptors (Lipinski definition) is 1. The smallest absolute Gasteiger partial charge is 0.225 e. The third-order valence-corrected chi connectivity index (χ3v) is 2.41. The van der Waals surface area contributed by atoms with Crippen LogP contribution in [0.2, 0.25) is 0 Å². The van der Waals surface area contributed by atoms with E-state index in [0.717, 1.165) is 9.47 Å². The molecule has 0 saturated heterocycles. The zero-order valence-electron chi connectivity index (χ0n) is 3.89. The Morgan fingerprint density at radius 3 is 2.75 bits per heavy atom. The monoisotopic (exact) mass is 187 g/mol. The Morgan fingerprint density at radius 2 is 2.50 bits per heavy atom. The van der Waals surface area contributed by atoms with Gasteiger partial charge in [0.2, 0.25) is 0 Å². The number of rotatable bonds is 0. The van der Waals surface area contributed by atoms with Crippen LogP contribution >= 0.6 is 27.3 Å². The molecule has 0 aliphatic heterocycles. The van der Waals surface area contributed by atoms with Crippen molar-refractivity contribution in [1.29, 1.82) is 0 Å². The van der Waals surface area contributed by atoms with Crippen LogP contribution in [0, 0.1) is 6.57 Å². The van der Waals surface area contributed by atoms with E-state index in [-0.39, 0.29) is 0 Å². The molecular formula is C5H2BrNS. The minimum atomic E-state index is 0.727. The lowest BCUT2D eigenvalue weighted by Crippen LogP contribution is -1.43. The van der Waals surface area contributed by atoms with Gasteiger partial charge in [-0.3, -0.25) is 0 Å². The molecule has 0 aliphatic carbocycles. The first-order valence-corrected chi connectivity index (χ1v) is 3.62. The molecular weight excluding hydrogens is 186 g/mol. The predicted molar refractivity (Wildman–Crippen MR) is 38.3 cm³/mol. The van der Waals surface area contributed by atoms with Crippen LogP contribution in [0.5, 0.6) is 0 Å². The summed E-state index contributed by atoms with van der Waals surface area (Å²) in [6.45, 7) is 6.61. The second-order valence-corrected chi connectivity index (χ2v) is 2.93. The second kappa shape index (κ2) is 2.29. The zero-order chi connectivity index (χ0) is 5.98. The summed E-state index contributed by atoms with van der Waals surface area (Å²) in [4.78, 5) is 3.25. The first kappa shape index (κ1) is 5.80. The lowest BCUT2D eigenvalue weighted by atomic mass is 10.6. The molecule has 1 heterocycles. The van der Waals surface area contributed by atoms with Gasteiger partial charge in [0.25, 0.3) is 5.00 Å². The van der Waals surface area contributed by atoms with E-state index in [1.165, 1.54) is 11.3 Å². The molecule has 1 aromatic rings. The molecule has 0 saturated carbocycles. The van der Waals surface area contributed by atoms with Crippen molar-refractivity contribution in [2.24, 2.45) is 0 Å². The molecule has 0 N–H and O–H groups in total. The molecule has 0 radical (unpaired) electrons. The summed E-state index contributed by atoms with van der Waals surface area (Å²) in [5.41, 5.74) is 0. The maximum Gasteiger partial charge on any atom is 0.255 e. The predicted octanol–water partition coefficient (Wildman–Crippen LogP) is 3.06. The lowest BCUT2D eigenvalue weighted by molar-refractivity contribution is 1.89. The van der Waals surface area contributed by atoms with Gasteiger partial charge in [-0.25, -0.2) is 4.85 Å². The first-order valence-electron chi connectivity index (χ1n) is 1.95. The van der Waals surface area contributed by atoms with Crippen molar-refractivity contribution < 1.29 is 0 Å². The van der Waals surface area contributed by atoms with Gasteiger partial charge < -0.3 is 0 Å². The van der Waals surface area contributed by atoms with E-state index in [1.807, 2.05) is 11.4 Å². The van der Waals surface area contributed by atoms with Gasteiger partial charge in [-0.1, -0.05) is 15.9 Å². The molecule has 1 rings (SSSR count). The average Bonchev–Trinajstić information content (AvgIpc) is 2.14. The highest BCUT2D eigenvalue weighted by molar-refractivity contribution is 9.10. The quantitative estimate of drug-likeness (QED) is 0.551. The van der Waals surface area contributed by atoms with E-state index in [9.17, 15) is 0 Å². The molecule has 0 spiro atoms. The van der Waals surface area contributed by atoms with Gasteiger partial charge in [0.05, 0.1) is 6.57 Å². The fourth-order valence-corrected chi connectivity index (χ4v) is 1.61. The Kier molecular flexibility index (Phi) is 1.66. The van der Waals surface area contributed by atoms with Gasteiger partial charge in [-0.2, -0.15) is 11.3 Å². The maximum absolute atomic E-state index is 6.61. The fourth-order valence-electron chi connectivity index (χ4n) is 0.366. The Hall–Kier alpha value is -0.330. The summed E-state index contributed by atoms with van der Waals surface area (Å²) in [5.74, 6) is 0. The Bertz CT molecular complexity index is 223. The van der Waals surface area contributed by atoms with Gasteiger partial charge in [-0.05, 0) is 11.4 Å². The minimum absolute atomic E-state index is 0.727. The van der Waals surface area contributed by atoms with Crippen LogP contribution in [0.1, 0.15) is 0 Å². The molecule has 0 bridgehead atoms. The topological polar surface area (TPSA) is 4.36 Å². The van der Waals surface area contributed by atoms with E-state index in [4.69, 9.17) is 6.57 Å². The molecule has 0 fully saturated rings. The molecule has 3 heteroatoms. The SMILES string of the molecule is [C-]#[N+]c1sccc1Br. The molecule has 1 nitrogen and oxygen atoms in total. The first-order chi connectivity index (χ1) is 3.84. The number of hydrogen-bond donors (Lipinski definition) is 0. The van der Waals surface area contributed by atoms with Gasteiger partial charge in [0, 0.05) is 4.47 Å². The Labute approximate surface area is 59.9 Å². The molecule has 0 unspecified atom stereocenters. The number of nitrogens with zero attached hydrogens (tertiary/aromatic N) is 1. The molecule has 0 amide bonds. The molecule has 40 valence electrons. The minimum Gasteiger partial charge on any atom is -0.225 e. The number of halogens is 1. The van der Waals surface area contributed by atoms with Crippen molar-refractivity contribution in [1.82, 2.24) is 0 Å². The van der Waals surface area contributed by atoms with Crippen molar-refractivity contribution >= 4 is 32.3 Å². The fraction of sp³-hybridized carbons (Fsp3) is 0. The molecule has 0 aromatic carbocycles. The summed E-state index contributed by atoms with van der Waals surface area (Å²) in [6.07, 6.45) is 0. The Balaban J connectivity index is 3.15. The van der Waals surface area contributed by atoms with E-state index >= 15 is 0 Å². The van der Waals surface area contributed by atoms with E-state index < -0.39 is 0 Å². The molecule has 1 aromatic heterocycles. The third kappa shape index (κ3) is 0.908. The highest BCUT2D eigenvalue weighted by Crippen LogP contribution is 2.30. The van der Waals surface area contributed by atoms with Crippen molar-refractivity contribution in [2.45, 2.75) is 0 Å². The van der Waals surface area contributed by atoms with E-state index in [0.29, 0.717) is 0 Å². The molecule has 0 atom stereocenters. The number of thiophene rings is 1. The van der Waals surface area contributed by atoms with Gasteiger partial charge in [-0.15, -0.1) is 0 Å². The Morgan fingerprint density at radius 1 is 1.75 bits per heavy atom. The summed E-state index contributed by atoms with van der Waals surface area (Å²) < 4.78 is 0.900. The highest BCUT2D eigenvalue weighted by Gasteiger charge is 1.95. The van der Waals surface area contributed by atoms with Gasteiger partial charge in [0.1, 0.15) is 0 Å². The third-order valence-electron chi connectivity index (χ3n) is 0.700. The lowest BCUT2D eigenvalue weighted by Gasteiger charge is -1.75. The summed E-state index contributed by atoms with van der Waals surface area (Å²) in [7, 11) is 0. The normalized spacial score (nSPS) is 8.50. The van der Waals surface area contributed by atoms with Crippen LogP contribution in [-0.2, 0) is 0 Å². The highest BCUT2D eigenvalue weighted by atomic mass is 79.9. The summed E-state index contributed by atoms with van der Waals surface area (Å²) in [5, 5.41) is 2.61. The standard InChI is InChI=1S/C5H2BrNS/c1-7-5-4(6)2-3-8-5/h2-3H. The summed E-state index contributed by atoms with van der Waals surface area (Å²) >= 11 is 4.67. The van der Waals surface area contributed by atoms with Gasteiger partial charge in [0.15, 0.2) is 0 Å². The largest absolute Gasteiger partial charge is 0.255 e. The zero-order valence-corrected chi connectivity index (χ0v) is 6.29. The average molecular weight is 188 g/mol. The van der Waals surface area contributed by atoms with Crippen LogP contribution in [0.25, 0.3) is 4.85 Å². The molecule has 8 heavy (non-hydrogen) atoms. The second-order valence-electron chi connectivity index (χ2n) is 1.19. The molecule has 0 aliphatic rings. The van der Waals surface area contributed by atoms with Crippen LogP contribution < -0.4 is 0 Å². The van der Waals surface area contributed by atoms with E-state index in [2.05, 4.69) is 20.8 Å². The van der Waals surface area contributed by atoms with Crippen molar-refractivity contribution in [3.05, 3.63) is 27.3 Å². The van der Waals surface area contributed by atoms with Crippen molar-refractivity contribution in [3.63, 3.8) is 0 Å². The van der Waals surface area contributed by atoms with Crippen molar-refractivity contribution in [3.8, 4) is 0 Å². The maximum atomic E-state index is 6.61. The van der Waals surface area contributed by atoms with Gasteiger partial charge >= 0.3 is 0 Å². The summed E-state index contributed by atoms with van der Waals surface area (Å²) in [6, 6.07) is 1.87.